The summed E-state index contributed by atoms with van der Waals surface area (Å²) in [5, 5.41) is 2.77. The lowest BCUT2D eigenvalue weighted by Crippen LogP contribution is -2.53. The van der Waals surface area contributed by atoms with Crippen LogP contribution in [-0.2, 0) is 4.79 Å². The fraction of sp³-hybridized carbons (Fsp3) is 0.381. The van der Waals surface area contributed by atoms with E-state index in [4.69, 9.17) is 0 Å². The van der Waals surface area contributed by atoms with Crippen molar-refractivity contribution in [2.45, 2.75) is 25.3 Å². The molecular weight excluding hydrogens is 380 g/mol. The highest BCUT2D eigenvalue weighted by atomic mass is 19.1. The highest BCUT2D eigenvalue weighted by Crippen LogP contribution is 2.41. The molecule has 6 nitrogen and oxygen atoms in total. The summed E-state index contributed by atoms with van der Waals surface area (Å²) in [6.07, 6.45) is 0.767. The van der Waals surface area contributed by atoms with Gasteiger partial charge in [0.25, 0.3) is 11.5 Å². The van der Waals surface area contributed by atoms with Crippen LogP contribution in [-0.4, -0.2) is 40.9 Å². The molecule has 2 amide bonds. The quantitative estimate of drug-likeness (QED) is 0.856. The summed E-state index contributed by atoms with van der Waals surface area (Å²) in [5.41, 5.74) is 0.494. The Morgan fingerprint density at radius 2 is 1.97 bits per heavy atom. The summed E-state index contributed by atoms with van der Waals surface area (Å²) < 4.78 is 29.1. The topological polar surface area (TPSA) is 71.4 Å². The van der Waals surface area contributed by atoms with Crippen LogP contribution in [0, 0.1) is 17.6 Å². The SMILES string of the molecule is CC(=O)NC[C@H]1[C@H]2C[C@H](CN(C(=O)c3ccc(F)cc3F)C2)c2cccc(=O)n21. The first kappa shape index (κ1) is 19.3. The van der Waals surface area contributed by atoms with E-state index in [-0.39, 0.29) is 41.5 Å². The average Bonchev–Trinajstić information content (AvgIpc) is 2.67. The first-order valence-electron chi connectivity index (χ1n) is 9.55. The van der Waals surface area contributed by atoms with Crippen LogP contribution in [0.5, 0.6) is 0 Å². The Bertz CT molecular complexity index is 1040. The number of aromatic nitrogens is 1. The number of rotatable bonds is 3. The van der Waals surface area contributed by atoms with Crippen molar-refractivity contribution < 1.29 is 18.4 Å². The molecule has 3 atom stereocenters. The van der Waals surface area contributed by atoms with Gasteiger partial charge < -0.3 is 14.8 Å². The number of carbonyl (C=O) groups excluding carboxylic acids is 2. The molecule has 0 saturated carbocycles. The number of nitrogens with one attached hydrogen (secondary N) is 1. The van der Waals surface area contributed by atoms with Crippen molar-refractivity contribution in [1.29, 1.82) is 0 Å². The Hall–Kier alpha value is -3.03. The standard InChI is InChI=1S/C21H21F2N3O3/c1-12(27)24-9-19-14-7-13(18-3-2-4-20(28)26(18)19)10-25(11-14)21(29)16-6-5-15(22)8-17(16)23/h2-6,8,13-14,19H,7,9-11H2,1H3,(H,24,27)/t13-,14+,19+/m1/s1. The van der Waals surface area contributed by atoms with E-state index in [0.717, 1.165) is 24.2 Å². The fourth-order valence-electron chi connectivity index (χ4n) is 4.55. The lowest BCUT2D eigenvalue weighted by molar-refractivity contribution is -0.119. The summed E-state index contributed by atoms with van der Waals surface area (Å²) in [6.45, 7) is 2.37. The Labute approximate surface area is 166 Å². The van der Waals surface area contributed by atoms with Crippen molar-refractivity contribution in [3.05, 3.63) is 69.6 Å². The van der Waals surface area contributed by atoms with E-state index in [1.807, 2.05) is 6.07 Å². The minimum atomic E-state index is -0.892. The minimum Gasteiger partial charge on any atom is -0.354 e. The first-order valence-corrected chi connectivity index (χ1v) is 9.55. The number of hydrogen-bond donors (Lipinski definition) is 1. The number of halogens is 2. The zero-order valence-corrected chi connectivity index (χ0v) is 15.9. The van der Waals surface area contributed by atoms with Gasteiger partial charge in [0.15, 0.2) is 0 Å². The number of carbonyl (C=O) groups is 2. The third kappa shape index (κ3) is 3.54. The van der Waals surface area contributed by atoms with E-state index < -0.39 is 17.5 Å². The molecule has 1 saturated heterocycles. The number of amides is 2. The molecule has 0 unspecified atom stereocenters. The van der Waals surface area contributed by atoms with E-state index in [2.05, 4.69) is 5.32 Å². The number of fused-ring (bicyclic) bond motifs is 4. The highest BCUT2D eigenvalue weighted by molar-refractivity contribution is 5.94. The van der Waals surface area contributed by atoms with Crippen molar-refractivity contribution in [3.63, 3.8) is 0 Å². The fourth-order valence-corrected chi connectivity index (χ4v) is 4.55. The molecule has 2 bridgehead atoms. The molecule has 1 N–H and O–H groups in total. The molecule has 2 aliphatic rings. The number of likely N-dealkylation sites (tertiary alicyclic amines) is 1. The molecule has 1 aromatic carbocycles. The van der Waals surface area contributed by atoms with E-state index in [1.165, 1.54) is 13.0 Å². The zero-order chi connectivity index (χ0) is 20.7. The Morgan fingerprint density at radius 1 is 1.17 bits per heavy atom. The van der Waals surface area contributed by atoms with Gasteiger partial charge in [0.2, 0.25) is 5.91 Å². The van der Waals surface area contributed by atoms with Gasteiger partial charge in [0, 0.05) is 50.3 Å². The molecule has 0 spiro atoms. The maximum absolute atomic E-state index is 14.1. The van der Waals surface area contributed by atoms with Crippen LogP contribution < -0.4 is 10.9 Å². The van der Waals surface area contributed by atoms with Gasteiger partial charge in [0.05, 0.1) is 11.6 Å². The van der Waals surface area contributed by atoms with Crippen molar-refractivity contribution in [2.75, 3.05) is 19.6 Å². The molecule has 29 heavy (non-hydrogen) atoms. The van der Waals surface area contributed by atoms with E-state index in [9.17, 15) is 23.2 Å². The van der Waals surface area contributed by atoms with Crippen molar-refractivity contribution in [3.8, 4) is 0 Å². The normalized spacial score (nSPS) is 22.7. The smallest absolute Gasteiger partial charge is 0.256 e. The number of pyridine rings is 1. The van der Waals surface area contributed by atoms with E-state index >= 15 is 0 Å². The largest absolute Gasteiger partial charge is 0.354 e. The predicted octanol–water partition coefficient (Wildman–Crippen LogP) is 2.06. The molecule has 4 rings (SSSR count). The second kappa shape index (κ2) is 7.42. The maximum Gasteiger partial charge on any atom is 0.256 e. The second-order valence-corrected chi connectivity index (χ2v) is 7.69. The van der Waals surface area contributed by atoms with Gasteiger partial charge in [-0.05, 0) is 30.5 Å². The van der Waals surface area contributed by atoms with Crippen LogP contribution in [0.15, 0.2) is 41.2 Å². The monoisotopic (exact) mass is 401 g/mol. The third-order valence-corrected chi connectivity index (χ3v) is 5.81. The molecule has 0 radical (unpaired) electrons. The molecule has 8 heteroatoms. The first-order chi connectivity index (χ1) is 13.8. The van der Waals surface area contributed by atoms with Crippen molar-refractivity contribution in [1.82, 2.24) is 14.8 Å². The molecule has 0 aliphatic carbocycles. The average molecular weight is 401 g/mol. The molecular formula is C21H21F2N3O3. The number of benzene rings is 1. The van der Waals surface area contributed by atoms with E-state index in [0.29, 0.717) is 19.2 Å². The van der Waals surface area contributed by atoms with Crippen LogP contribution in [0.4, 0.5) is 8.78 Å². The van der Waals surface area contributed by atoms with Gasteiger partial charge in [-0.1, -0.05) is 6.07 Å². The lowest BCUT2D eigenvalue weighted by atomic mass is 9.78. The summed E-state index contributed by atoms with van der Waals surface area (Å²) in [5.74, 6) is -2.46. The lowest BCUT2D eigenvalue weighted by Gasteiger charge is -2.47. The van der Waals surface area contributed by atoms with E-state index in [1.54, 1.807) is 15.5 Å². The van der Waals surface area contributed by atoms with Crippen molar-refractivity contribution in [2.24, 2.45) is 5.92 Å². The minimum absolute atomic E-state index is 0.0660. The van der Waals surface area contributed by atoms with Crippen LogP contribution >= 0.6 is 0 Å². The molecule has 3 heterocycles. The number of nitrogens with zero attached hydrogens (tertiary/aromatic N) is 2. The molecule has 1 aromatic heterocycles. The Kier molecular flexibility index (Phi) is 4.94. The van der Waals surface area contributed by atoms with Crippen LogP contribution in [0.1, 0.15) is 41.4 Å². The van der Waals surface area contributed by atoms with Crippen molar-refractivity contribution >= 4 is 11.8 Å². The summed E-state index contributed by atoms with van der Waals surface area (Å²) >= 11 is 0. The van der Waals surface area contributed by atoms with Gasteiger partial charge in [0.1, 0.15) is 11.6 Å². The van der Waals surface area contributed by atoms with Crippen LogP contribution in [0.3, 0.4) is 0 Å². The zero-order valence-electron chi connectivity index (χ0n) is 15.9. The maximum atomic E-state index is 14.1. The van der Waals surface area contributed by atoms with Gasteiger partial charge in [-0.25, -0.2) is 8.78 Å². The third-order valence-electron chi connectivity index (χ3n) is 5.81. The summed E-state index contributed by atoms with van der Waals surface area (Å²) in [6, 6.07) is 7.65. The highest BCUT2D eigenvalue weighted by Gasteiger charge is 2.42. The molecule has 2 aliphatic heterocycles. The Balaban J connectivity index is 1.68. The predicted molar refractivity (Wildman–Crippen MR) is 102 cm³/mol. The number of hydrogen-bond acceptors (Lipinski definition) is 3. The van der Waals surface area contributed by atoms with Gasteiger partial charge in [-0.15, -0.1) is 0 Å². The number of piperidine rings is 1. The summed E-state index contributed by atoms with van der Waals surface area (Å²) in [7, 11) is 0. The van der Waals surface area contributed by atoms with Gasteiger partial charge in [-0.3, -0.25) is 14.4 Å². The van der Waals surface area contributed by atoms with Crippen LogP contribution in [0.25, 0.3) is 0 Å². The van der Waals surface area contributed by atoms with Crippen LogP contribution in [0.2, 0.25) is 0 Å². The molecule has 1 fully saturated rings. The second-order valence-electron chi connectivity index (χ2n) is 7.69. The molecule has 152 valence electrons. The molecule has 2 aromatic rings. The van der Waals surface area contributed by atoms with Gasteiger partial charge >= 0.3 is 0 Å². The van der Waals surface area contributed by atoms with Gasteiger partial charge in [-0.2, -0.15) is 0 Å². The Morgan fingerprint density at radius 3 is 2.69 bits per heavy atom. The summed E-state index contributed by atoms with van der Waals surface area (Å²) in [4.78, 5) is 38.5.